The Morgan fingerprint density at radius 3 is 2.43 bits per heavy atom. The van der Waals surface area contributed by atoms with Gasteiger partial charge in [0.1, 0.15) is 5.82 Å². The number of imide groups is 1. The number of benzene rings is 1. The van der Waals surface area contributed by atoms with Gasteiger partial charge in [-0.1, -0.05) is 17.7 Å². The summed E-state index contributed by atoms with van der Waals surface area (Å²) in [7, 11) is 0. The van der Waals surface area contributed by atoms with E-state index in [9.17, 15) is 23.9 Å². The fourth-order valence-electron chi connectivity index (χ4n) is 2.55. The lowest BCUT2D eigenvalue weighted by Gasteiger charge is -2.25. The minimum Gasteiger partial charge on any atom is -0.501 e. The van der Waals surface area contributed by atoms with Gasteiger partial charge in [0.2, 0.25) is 17.6 Å². The first-order valence-electron chi connectivity index (χ1n) is 6.74. The molecule has 2 amide bonds. The maximum Gasteiger partial charge on any atom is 0.252 e. The summed E-state index contributed by atoms with van der Waals surface area (Å²) in [6.07, 6.45) is -0.0566. The first-order valence-corrected chi connectivity index (χ1v) is 7.12. The summed E-state index contributed by atoms with van der Waals surface area (Å²) in [6, 6.07) is 3.62. The Kier molecular flexibility index (Phi) is 3.40. The zero-order valence-corrected chi connectivity index (χ0v) is 12.7. The summed E-state index contributed by atoms with van der Waals surface area (Å²) in [6.45, 7) is 1.31. The van der Waals surface area contributed by atoms with Crippen molar-refractivity contribution in [2.24, 2.45) is 0 Å². The predicted octanol–water partition coefficient (Wildman–Crippen LogP) is 2.17. The van der Waals surface area contributed by atoms with Crippen LogP contribution in [0.5, 0.6) is 0 Å². The third kappa shape index (κ3) is 2.19. The van der Waals surface area contributed by atoms with Crippen LogP contribution in [-0.4, -0.2) is 27.6 Å². The highest BCUT2D eigenvalue weighted by Crippen LogP contribution is 2.41. The van der Waals surface area contributed by atoms with E-state index < -0.39 is 40.7 Å². The number of rotatable bonds is 2. The van der Waals surface area contributed by atoms with E-state index in [1.807, 2.05) is 0 Å². The predicted molar refractivity (Wildman–Crippen MR) is 75.6 cm³/mol. The normalized spacial score (nSPS) is 24.7. The Balaban J connectivity index is 2.02. The molecule has 2 aliphatic heterocycles. The molecule has 1 fully saturated rings. The Bertz CT molecular complexity index is 774. The summed E-state index contributed by atoms with van der Waals surface area (Å²) in [4.78, 5) is 36.5. The number of hydrogen-bond acceptors (Lipinski definition) is 5. The molecule has 1 saturated heterocycles. The molecule has 0 aliphatic carbocycles. The van der Waals surface area contributed by atoms with Crippen molar-refractivity contribution in [2.45, 2.75) is 25.4 Å². The summed E-state index contributed by atoms with van der Waals surface area (Å²) >= 11 is 5.61. The van der Waals surface area contributed by atoms with Crippen molar-refractivity contribution < 1.29 is 28.6 Å². The number of amides is 2. The molecule has 6 nitrogen and oxygen atoms in total. The van der Waals surface area contributed by atoms with Crippen LogP contribution in [-0.2, 0) is 24.7 Å². The molecule has 1 unspecified atom stereocenters. The van der Waals surface area contributed by atoms with E-state index in [4.69, 9.17) is 16.3 Å². The first kappa shape index (κ1) is 15.5. The van der Waals surface area contributed by atoms with Gasteiger partial charge in [-0.3, -0.25) is 14.4 Å². The number of ketones is 1. The molecule has 120 valence electrons. The number of likely N-dealkylation sites (tertiary alicyclic amines) is 1. The van der Waals surface area contributed by atoms with Gasteiger partial charge < -0.3 is 9.84 Å². The number of aliphatic hydroxyl groups is 1. The molecular formula is C15H11ClFNO5. The van der Waals surface area contributed by atoms with Crippen LogP contribution in [0.3, 0.4) is 0 Å². The standard InChI is InChI=1S/C15H11ClFNO5/c1-15(7-2-3-8(16)9(17)6-7)13(22)12(21)14(23-15)18-10(19)4-5-11(18)20/h2-3,6,21H,4-5H2,1H3. The lowest BCUT2D eigenvalue weighted by Crippen LogP contribution is -2.33. The minimum absolute atomic E-state index is 0.0283. The van der Waals surface area contributed by atoms with Gasteiger partial charge in [-0.15, -0.1) is 0 Å². The smallest absolute Gasteiger partial charge is 0.252 e. The number of Topliss-reactive ketones (excluding diaryl/α,β-unsaturated/α-hetero) is 1. The van der Waals surface area contributed by atoms with E-state index in [0.29, 0.717) is 4.90 Å². The van der Waals surface area contributed by atoms with Gasteiger partial charge in [0.05, 0.1) is 5.02 Å². The van der Waals surface area contributed by atoms with Gasteiger partial charge in [-0.2, -0.15) is 0 Å². The molecule has 1 atom stereocenters. The molecule has 23 heavy (non-hydrogen) atoms. The number of ether oxygens (including phenoxy) is 1. The van der Waals surface area contributed by atoms with Gasteiger partial charge >= 0.3 is 0 Å². The number of halogens is 2. The molecular weight excluding hydrogens is 329 g/mol. The second kappa shape index (κ2) is 5.06. The van der Waals surface area contributed by atoms with Crippen molar-refractivity contribution >= 4 is 29.2 Å². The van der Waals surface area contributed by atoms with Crippen molar-refractivity contribution in [3.8, 4) is 0 Å². The summed E-state index contributed by atoms with van der Waals surface area (Å²) in [5, 5.41) is 9.88. The maximum atomic E-state index is 13.7. The Labute approximate surface area is 135 Å². The third-order valence-electron chi connectivity index (χ3n) is 3.88. The lowest BCUT2D eigenvalue weighted by molar-refractivity contribution is -0.144. The average molecular weight is 340 g/mol. The Morgan fingerprint density at radius 1 is 1.26 bits per heavy atom. The SMILES string of the molecule is CC1(c2ccc(Cl)c(F)c2)OC(N2C(=O)CCC2=O)=C(O)C1=O. The van der Waals surface area contributed by atoms with E-state index in [-0.39, 0.29) is 23.4 Å². The Morgan fingerprint density at radius 2 is 1.87 bits per heavy atom. The van der Waals surface area contributed by atoms with Crippen molar-refractivity contribution in [1.82, 2.24) is 4.90 Å². The van der Waals surface area contributed by atoms with Crippen LogP contribution in [0.4, 0.5) is 4.39 Å². The highest BCUT2D eigenvalue weighted by atomic mass is 35.5. The molecule has 1 aromatic carbocycles. The molecule has 8 heteroatoms. The number of hydrogen-bond donors (Lipinski definition) is 1. The highest BCUT2D eigenvalue weighted by molar-refractivity contribution is 6.30. The summed E-state index contributed by atoms with van der Waals surface area (Å²) in [5.41, 5.74) is -1.65. The fourth-order valence-corrected chi connectivity index (χ4v) is 2.67. The van der Waals surface area contributed by atoms with Crippen LogP contribution < -0.4 is 0 Å². The molecule has 1 N–H and O–H groups in total. The van der Waals surface area contributed by atoms with Gasteiger partial charge in [0.25, 0.3) is 11.7 Å². The van der Waals surface area contributed by atoms with Crippen LogP contribution in [0.25, 0.3) is 0 Å². The molecule has 1 aromatic rings. The summed E-state index contributed by atoms with van der Waals surface area (Å²) in [5.74, 6) is -4.14. The van der Waals surface area contributed by atoms with E-state index in [2.05, 4.69) is 0 Å². The molecule has 0 spiro atoms. The van der Waals surface area contributed by atoms with Crippen molar-refractivity contribution in [2.75, 3.05) is 0 Å². The molecule has 3 rings (SSSR count). The zero-order valence-electron chi connectivity index (χ0n) is 11.9. The van der Waals surface area contributed by atoms with Gasteiger partial charge in [0, 0.05) is 18.4 Å². The van der Waals surface area contributed by atoms with Crippen LogP contribution in [0, 0.1) is 5.82 Å². The zero-order chi connectivity index (χ0) is 16.9. The van der Waals surface area contributed by atoms with Crippen molar-refractivity contribution in [3.05, 3.63) is 46.2 Å². The monoisotopic (exact) mass is 339 g/mol. The third-order valence-corrected chi connectivity index (χ3v) is 4.18. The van der Waals surface area contributed by atoms with Gasteiger partial charge in [-0.25, -0.2) is 9.29 Å². The molecule has 0 saturated carbocycles. The van der Waals surface area contributed by atoms with Crippen LogP contribution >= 0.6 is 11.6 Å². The lowest BCUT2D eigenvalue weighted by atomic mass is 9.91. The highest BCUT2D eigenvalue weighted by Gasteiger charge is 2.52. The number of nitrogens with zero attached hydrogens (tertiary/aromatic N) is 1. The molecule has 0 radical (unpaired) electrons. The number of carbonyl (C=O) groups excluding carboxylic acids is 3. The molecule has 2 aliphatic rings. The van der Waals surface area contributed by atoms with Gasteiger partial charge in [0.15, 0.2) is 5.60 Å². The first-order chi connectivity index (χ1) is 10.8. The molecule has 2 heterocycles. The second-order valence-corrected chi connectivity index (χ2v) is 5.78. The van der Waals surface area contributed by atoms with E-state index >= 15 is 0 Å². The van der Waals surface area contributed by atoms with E-state index in [1.165, 1.54) is 19.1 Å². The summed E-state index contributed by atoms with van der Waals surface area (Å²) < 4.78 is 19.1. The largest absolute Gasteiger partial charge is 0.501 e. The average Bonchev–Trinajstić information content (AvgIpc) is 2.95. The number of carbonyl (C=O) groups is 3. The Hall–Kier alpha value is -2.41. The quantitative estimate of drug-likeness (QED) is 0.835. The topological polar surface area (TPSA) is 83.9 Å². The molecule has 0 aromatic heterocycles. The van der Waals surface area contributed by atoms with E-state index in [1.54, 1.807) is 0 Å². The second-order valence-electron chi connectivity index (χ2n) is 5.37. The van der Waals surface area contributed by atoms with Gasteiger partial charge in [-0.05, 0) is 19.1 Å². The molecule has 0 bridgehead atoms. The minimum atomic E-state index is -1.76. The number of aliphatic hydroxyl groups excluding tert-OH is 1. The van der Waals surface area contributed by atoms with Crippen LogP contribution in [0.2, 0.25) is 5.02 Å². The van der Waals surface area contributed by atoms with Crippen molar-refractivity contribution in [1.29, 1.82) is 0 Å². The fraction of sp³-hybridized carbons (Fsp3) is 0.267. The van der Waals surface area contributed by atoms with E-state index in [0.717, 1.165) is 6.07 Å². The van der Waals surface area contributed by atoms with Crippen LogP contribution in [0.1, 0.15) is 25.3 Å². The van der Waals surface area contributed by atoms with Crippen LogP contribution in [0.15, 0.2) is 29.8 Å². The maximum absolute atomic E-state index is 13.7. The van der Waals surface area contributed by atoms with Crippen molar-refractivity contribution in [3.63, 3.8) is 0 Å².